The van der Waals surface area contributed by atoms with Gasteiger partial charge in [-0.05, 0) is 36.8 Å². The summed E-state index contributed by atoms with van der Waals surface area (Å²) in [4.78, 5) is 10.9. The van der Waals surface area contributed by atoms with Gasteiger partial charge in [-0.2, -0.15) is 5.26 Å². The highest BCUT2D eigenvalue weighted by atomic mass is 19.1. The Morgan fingerprint density at radius 2 is 2.21 bits per heavy atom. The fourth-order valence-electron chi connectivity index (χ4n) is 1.93. The number of nitriles is 1. The van der Waals surface area contributed by atoms with E-state index in [0.29, 0.717) is 16.8 Å². The van der Waals surface area contributed by atoms with Gasteiger partial charge in [-0.3, -0.25) is 0 Å². The van der Waals surface area contributed by atoms with Crippen LogP contribution in [0.5, 0.6) is 0 Å². The van der Waals surface area contributed by atoms with Gasteiger partial charge in [0.15, 0.2) is 0 Å². The molecule has 0 amide bonds. The molecule has 2 rings (SSSR count). The second kappa shape index (κ2) is 4.94. The molecule has 0 saturated carbocycles. The van der Waals surface area contributed by atoms with Gasteiger partial charge in [-0.1, -0.05) is 0 Å². The van der Waals surface area contributed by atoms with Crippen molar-refractivity contribution in [2.45, 2.75) is 13.5 Å². The molecule has 0 unspecified atom stereocenters. The topological polar surface area (TPSA) is 66.0 Å². The third kappa shape index (κ3) is 2.47. The first kappa shape index (κ1) is 12.8. The second-order valence-corrected chi connectivity index (χ2v) is 4.16. The van der Waals surface area contributed by atoms with Gasteiger partial charge in [-0.25, -0.2) is 9.18 Å². The molecule has 0 bridgehead atoms. The molecular formula is C14H11FN2O2. The summed E-state index contributed by atoms with van der Waals surface area (Å²) in [6, 6.07) is 7.42. The SMILES string of the molecule is Cc1c(C(=O)O)ccn1Cc1cc(F)ccc1C#N. The number of carbonyl (C=O) groups is 1. The maximum Gasteiger partial charge on any atom is 0.337 e. The van der Waals surface area contributed by atoms with Crippen LogP contribution in [0.1, 0.15) is 27.2 Å². The highest BCUT2D eigenvalue weighted by Crippen LogP contribution is 2.16. The minimum atomic E-state index is -1.00. The summed E-state index contributed by atoms with van der Waals surface area (Å²) in [5, 5.41) is 17.9. The summed E-state index contributed by atoms with van der Waals surface area (Å²) < 4.78 is 14.9. The molecule has 0 fully saturated rings. The molecule has 19 heavy (non-hydrogen) atoms. The van der Waals surface area contributed by atoms with Crippen LogP contribution in [0.3, 0.4) is 0 Å². The fraction of sp³-hybridized carbons (Fsp3) is 0.143. The Bertz CT molecular complexity index is 683. The van der Waals surface area contributed by atoms with E-state index in [1.807, 2.05) is 6.07 Å². The molecule has 0 aliphatic carbocycles. The van der Waals surface area contributed by atoms with E-state index in [1.54, 1.807) is 17.7 Å². The van der Waals surface area contributed by atoms with Gasteiger partial charge in [0.1, 0.15) is 5.82 Å². The van der Waals surface area contributed by atoms with Crippen molar-refractivity contribution in [2.75, 3.05) is 0 Å². The molecule has 1 aromatic heterocycles. The van der Waals surface area contributed by atoms with Crippen LogP contribution in [0.2, 0.25) is 0 Å². The van der Waals surface area contributed by atoms with Crippen LogP contribution >= 0.6 is 0 Å². The first-order chi connectivity index (χ1) is 9.02. The standard InChI is InChI=1S/C14H11FN2O2/c1-9-13(14(18)19)4-5-17(9)8-11-6-12(15)3-2-10(11)7-16/h2-6H,8H2,1H3,(H,18,19). The summed E-state index contributed by atoms with van der Waals surface area (Å²) >= 11 is 0. The minimum Gasteiger partial charge on any atom is -0.478 e. The van der Waals surface area contributed by atoms with E-state index < -0.39 is 11.8 Å². The maximum absolute atomic E-state index is 13.2. The number of hydrogen-bond acceptors (Lipinski definition) is 2. The van der Waals surface area contributed by atoms with Gasteiger partial charge in [0.2, 0.25) is 0 Å². The van der Waals surface area contributed by atoms with Crippen molar-refractivity contribution in [1.82, 2.24) is 4.57 Å². The molecular weight excluding hydrogens is 247 g/mol. The monoisotopic (exact) mass is 258 g/mol. The molecule has 5 heteroatoms. The Balaban J connectivity index is 2.39. The average molecular weight is 258 g/mol. The van der Waals surface area contributed by atoms with Crippen molar-refractivity contribution in [3.8, 4) is 6.07 Å². The van der Waals surface area contributed by atoms with E-state index in [4.69, 9.17) is 10.4 Å². The third-order valence-corrected chi connectivity index (χ3v) is 3.00. The van der Waals surface area contributed by atoms with Crippen molar-refractivity contribution in [2.24, 2.45) is 0 Å². The van der Waals surface area contributed by atoms with Crippen molar-refractivity contribution in [3.05, 3.63) is 58.7 Å². The lowest BCUT2D eigenvalue weighted by Crippen LogP contribution is -2.05. The van der Waals surface area contributed by atoms with Crippen LogP contribution < -0.4 is 0 Å². The zero-order chi connectivity index (χ0) is 14.0. The van der Waals surface area contributed by atoms with Crippen molar-refractivity contribution in [3.63, 3.8) is 0 Å². The third-order valence-electron chi connectivity index (χ3n) is 3.00. The Kier molecular flexibility index (Phi) is 3.34. The van der Waals surface area contributed by atoms with Crippen LogP contribution in [0.15, 0.2) is 30.5 Å². The van der Waals surface area contributed by atoms with Gasteiger partial charge in [0, 0.05) is 18.4 Å². The first-order valence-electron chi connectivity index (χ1n) is 5.60. The lowest BCUT2D eigenvalue weighted by Gasteiger charge is -2.08. The van der Waals surface area contributed by atoms with E-state index >= 15 is 0 Å². The smallest absolute Gasteiger partial charge is 0.337 e. The van der Waals surface area contributed by atoms with E-state index in [1.165, 1.54) is 24.3 Å². The number of carboxylic acid groups (broad SMARTS) is 1. The molecule has 0 aliphatic heterocycles. The number of aromatic nitrogens is 1. The van der Waals surface area contributed by atoms with Crippen LogP contribution in [-0.4, -0.2) is 15.6 Å². The first-order valence-corrected chi connectivity index (χ1v) is 5.60. The van der Waals surface area contributed by atoms with Gasteiger partial charge in [0.25, 0.3) is 0 Å². The quantitative estimate of drug-likeness (QED) is 0.920. The molecule has 96 valence electrons. The molecule has 0 atom stereocenters. The highest BCUT2D eigenvalue weighted by Gasteiger charge is 2.12. The Morgan fingerprint density at radius 1 is 1.47 bits per heavy atom. The molecule has 1 N–H and O–H groups in total. The largest absolute Gasteiger partial charge is 0.478 e. The summed E-state index contributed by atoms with van der Waals surface area (Å²) in [5.74, 6) is -1.42. The van der Waals surface area contributed by atoms with E-state index in [0.717, 1.165) is 0 Å². The van der Waals surface area contributed by atoms with E-state index in [9.17, 15) is 9.18 Å². The van der Waals surface area contributed by atoms with Crippen LogP contribution in [-0.2, 0) is 6.54 Å². The van der Waals surface area contributed by atoms with Gasteiger partial charge in [0.05, 0.1) is 17.2 Å². The average Bonchev–Trinajstić information content (AvgIpc) is 2.71. The number of carboxylic acids is 1. The van der Waals surface area contributed by atoms with Crippen LogP contribution in [0.4, 0.5) is 4.39 Å². The lowest BCUT2D eigenvalue weighted by molar-refractivity contribution is 0.0696. The molecule has 4 nitrogen and oxygen atoms in total. The molecule has 1 heterocycles. The lowest BCUT2D eigenvalue weighted by atomic mass is 10.1. The molecule has 0 radical (unpaired) electrons. The molecule has 2 aromatic rings. The number of benzene rings is 1. The molecule has 0 spiro atoms. The predicted molar refractivity (Wildman–Crippen MR) is 66.3 cm³/mol. The summed E-state index contributed by atoms with van der Waals surface area (Å²) in [7, 11) is 0. The highest BCUT2D eigenvalue weighted by molar-refractivity contribution is 5.88. The number of aromatic carboxylic acids is 1. The Morgan fingerprint density at radius 3 is 2.79 bits per heavy atom. The summed E-state index contributed by atoms with van der Waals surface area (Å²) in [6.45, 7) is 1.94. The Labute approximate surface area is 109 Å². The van der Waals surface area contributed by atoms with E-state index in [-0.39, 0.29) is 12.1 Å². The number of halogens is 1. The Hall–Kier alpha value is -2.61. The van der Waals surface area contributed by atoms with Crippen molar-refractivity contribution in [1.29, 1.82) is 5.26 Å². The second-order valence-electron chi connectivity index (χ2n) is 4.16. The van der Waals surface area contributed by atoms with Crippen LogP contribution in [0, 0.1) is 24.1 Å². The van der Waals surface area contributed by atoms with Crippen molar-refractivity contribution < 1.29 is 14.3 Å². The van der Waals surface area contributed by atoms with E-state index in [2.05, 4.69) is 0 Å². The maximum atomic E-state index is 13.2. The van der Waals surface area contributed by atoms with Gasteiger partial charge in [-0.15, -0.1) is 0 Å². The zero-order valence-corrected chi connectivity index (χ0v) is 10.2. The number of rotatable bonds is 3. The van der Waals surface area contributed by atoms with Crippen LogP contribution in [0.25, 0.3) is 0 Å². The summed E-state index contributed by atoms with van der Waals surface area (Å²) in [6.07, 6.45) is 1.62. The van der Waals surface area contributed by atoms with Gasteiger partial charge >= 0.3 is 5.97 Å². The normalized spacial score (nSPS) is 10.2. The zero-order valence-electron chi connectivity index (χ0n) is 10.2. The van der Waals surface area contributed by atoms with Gasteiger partial charge < -0.3 is 9.67 Å². The number of nitrogens with zero attached hydrogens (tertiary/aromatic N) is 2. The minimum absolute atomic E-state index is 0.204. The number of hydrogen-bond donors (Lipinski definition) is 1. The molecule has 0 aliphatic rings. The molecule has 0 saturated heterocycles. The fourth-order valence-corrected chi connectivity index (χ4v) is 1.93. The van der Waals surface area contributed by atoms with Crippen molar-refractivity contribution >= 4 is 5.97 Å². The predicted octanol–water partition coefficient (Wildman–Crippen LogP) is 2.55. The molecule has 1 aromatic carbocycles. The summed E-state index contributed by atoms with van der Waals surface area (Å²) in [5.41, 5.74) is 1.68.